The van der Waals surface area contributed by atoms with Crippen molar-refractivity contribution in [2.24, 2.45) is 0 Å². The van der Waals surface area contributed by atoms with E-state index in [1.54, 1.807) is 13.8 Å². The Morgan fingerprint density at radius 1 is 1.38 bits per heavy atom. The normalized spacial score (nSPS) is 14.2. The van der Waals surface area contributed by atoms with Crippen LogP contribution in [0.5, 0.6) is 0 Å². The number of hydrogen-bond donors (Lipinski definition) is 2. The first kappa shape index (κ1) is 14.9. The lowest BCUT2D eigenvalue weighted by atomic mass is 10.1. The molecule has 16 heavy (non-hydrogen) atoms. The van der Waals surface area contributed by atoms with Crippen molar-refractivity contribution in [3.05, 3.63) is 0 Å². The first-order valence-corrected chi connectivity index (χ1v) is 5.67. The van der Waals surface area contributed by atoms with E-state index in [1.807, 2.05) is 6.92 Å². The third-order valence-electron chi connectivity index (χ3n) is 2.25. The highest BCUT2D eigenvalue weighted by Crippen LogP contribution is 2.02. The molecule has 0 fully saturated rings. The van der Waals surface area contributed by atoms with Gasteiger partial charge in [0.25, 0.3) is 0 Å². The van der Waals surface area contributed by atoms with Crippen LogP contribution in [0.15, 0.2) is 0 Å². The molecule has 94 valence electrons. The van der Waals surface area contributed by atoms with Crippen molar-refractivity contribution in [3.63, 3.8) is 0 Å². The second-order valence-corrected chi connectivity index (χ2v) is 3.64. The van der Waals surface area contributed by atoms with Crippen LogP contribution in [-0.2, 0) is 14.3 Å². The Bertz CT molecular complexity index is 230. The van der Waals surface area contributed by atoms with Crippen LogP contribution in [0, 0.1) is 0 Å². The molecule has 0 bridgehead atoms. The molecule has 5 heteroatoms. The minimum atomic E-state index is -0.995. The maximum Gasteiger partial charge on any atom is 0.326 e. The van der Waals surface area contributed by atoms with Gasteiger partial charge in [-0.1, -0.05) is 19.8 Å². The molecule has 0 aliphatic heterocycles. The smallest absolute Gasteiger partial charge is 0.326 e. The van der Waals surface area contributed by atoms with Crippen molar-refractivity contribution in [2.45, 2.75) is 52.2 Å². The molecule has 1 amide bonds. The van der Waals surface area contributed by atoms with Crippen LogP contribution in [0.2, 0.25) is 0 Å². The van der Waals surface area contributed by atoms with Gasteiger partial charge >= 0.3 is 5.97 Å². The number of carboxylic acids is 1. The van der Waals surface area contributed by atoms with E-state index >= 15 is 0 Å². The third kappa shape index (κ3) is 5.70. The third-order valence-corrected chi connectivity index (χ3v) is 2.25. The average Bonchev–Trinajstić information content (AvgIpc) is 2.23. The van der Waals surface area contributed by atoms with Gasteiger partial charge in [-0.25, -0.2) is 4.79 Å². The van der Waals surface area contributed by atoms with E-state index in [2.05, 4.69) is 5.32 Å². The zero-order chi connectivity index (χ0) is 12.6. The molecule has 0 radical (unpaired) electrons. The van der Waals surface area contributed by atoms with Crippen LogP contribution in [0.1, 0.15) is 40.0 Å². The molecule has 0 aromatic rings. The van der Waals surface area contributed by atoms with Gasteiger partial charge in [0.05, 0.1) is 0 Å². The van der Waals surface area contributed by atoms with Crippen molar-refractivity contribution in [1.82, 2.24) is 5.32 Å². The number of carbonyl (C=O) groups excluding carboxylic acids is 1. The summed E-state index contributed by atoms with van der Waals surface area (Å²) >= 11 is 0. The Labute approximate surface area is 96.2 Å². The number of carboxylic acid groups (broad SMARTS) is 1. The highest BCUT2D eigenvalue weighted by atomic mass is 16.5. The molecule has 0 aliphatic carbocycles. The van der Waals surface area contributed by atoms with E-state index in [1.165, 1.54) is 0 Å². The SMILES string of the molecule is CCCC[C@H](NC(=O)C(C)OCC)C(=O)O. The van der Waals surface area contributed by atoms with Gasteiger partial charge in [-0.15, -0.1) is 0 Å². The van der Waals surface area contributed by atoms with E-state index in [4.69, 9.17) is 9.84 Å². The van der Waals surface area contributed by atoms with E-state index in [0.29, 0.717) is 13.0 Å². The van der Waals surface area contributed by atoms with Crippen LogP contribution in [-0.4, -0.2) is 35.7 Å². The second kappa shape index (κ2) is 8.10. The lowest BCUT2D eigenvalue weighted by Gasteiger charge is -2.17. The van der Waals surface area contributed by atoms with Crippen molar-refractivity contribution in [3.8, 4) is 0 Å². The number of aliphatic carboxylic acids is 1. The van der Waals surface area contributed by atoms with Gasteiger partial charge in [0, 0.05) is 6.61 Å². The van der Waals surface area contributed by atoms with Gasteiger partial charge in [0.1, 0.15) is 12.1 Å². The zero-order valence-electron chi connectivity index (χ0n) is 10.2. The summed E-state index contributed by atoms with van der Waals surface area (Å²) in [6.45, 7) is 5.80. The Morgan fingerprint density at radius 2 is 2.00 bits per heavy atom. The van der Waals surface area contributed by atoms with Gasteiger partial charge in [-0.3, -0.25) is 4.79 Å². The summed E-state index contributed by atoms with van der Waals surface area (Å²) in [7, 11) is 0. The Kier molecular flexibility index (Phi) is 7.54. The fourth-order valence-electron chi connectivity index (χ4n) is 1.28. The molecule has 0 heterocycles. The molecule has 5 nitrogen and oxygen atoms in total. The minimum Gasteiger partial charge on any atom is -0.480 e. The monoisotopic (exact) mass is 231 g/mol. The second-order valence-electron chi connectivity index (χ2n) is 3.64. The summed E-state index contributed by atoms with van der Waals surface area (Å²) in [5.41, 5.74) is 0. The van der Waals surface area contributed by atoms with Gasteiger partial charge in [0.15, 0.2) is 0 Å². The first-order chi connectivity index (χ1) is 7.52. The lowest BCUT2D eigenvalue weighted by molar-refractivity contribution is -0.144. The van der Waals surface area contributed by atoms with Gasteiger partial charge in [-0.05, 0) is 20.3 Å². The molecule has 0 spiro atoms. The van der Waals surface area contributed by atoms with Crippen LogP contribution >= 0.6 is 0 Å². The largest absolute Gasteiger partial charge is 0.480 e. The van der Waals surface area contributed by atoms with Gasteiger partial charge < -0.3 is 15.2 Å². The van der Waals surface area contributed by atoms with E-state index < -0.39 is 18.1 Å². The van der Waals surface area contributed by atoms with E-state index in [0.717, 1.165) is 12.8 Å². The topological polar surface area (TPSA) is 75.6 Å². The predicted molar refractivity (Wildman–Crippen MR) is 60.2 cm³/mol. The fraction of sp³-hybridized carbons (Fsp3) is 0.818. The molecular weight excluding hydrogens is 210 g/mol. The lowest BCUT2D eigenvalue weighted by Crippen LogP contribution is -2.45. The molecule has 0 saturated carbocycles. The van der Waals surface area contributed by atoms with Crippen LogP contribution in [0.25, 0.3) is 0 Å². The van der Waals surface area contributed by atoms with E-state index in [9.17, 15) is 9.59 Å². The molecule has 0 rings (SSSR count). The number of ether oxygens (including phenoxy) is 1. The van der Waals surface area contributed by atoms with Crippen LogP contribution in [0.3, 0.4) is 0 Å². The molecule has 0 aromatic carbocycles. The van der Waals surface area contributed by atoms with Crippen LogP contribution < -0.4 is 5.32 Å². The standard InChI is InChI=1S/C11H21NO4/c1-4-6-7-9(11(14)15)12-10(13)8(3)16-5-2/h8-9H,4-7H2,1-3H3,(H,12,13)(H,14,15)/t8?,9-/m0/s1. The predicted octanol–water partition coefficient (Wildman–Crippen LogP) is 1.17. The number of rotatable bonds is 8. The average molecular weight is 231 g/mol. The molecule has 2 atom stereocenters. The fourth-order valence-corrected chi connectivity index (χ4v) is 1.28. The summed E-state index contributed by atoms with van der Waals surface area (Å²) in [4.78, 5) is 22.4. The molecular formula is C11H21NO4. The summed E-state index contributed by atoms with van der Waals surface area (Å²) in [5, 5.41) is 11.4. The number of nitrogens with one attached hydrogen (secondary N) is 1. The molecule has 1 unspecified atom stereocenters. The number of carbonyl (C=O) groups is 2. The van der Waals surface area contributed by atoms with Gasteiger partial charge in [-0.2, -0.15) is 0 Å². The maximum atomic E-state index is 11.5. The molecule has 0 aliphatic rings. The number of hydrogen-bond acceptors (Lipinski definition) is 3. The first-order valence-electron chi connectivity index (χ1n) is 5.67. The van der Waals surface area contributed by atoms with E-state index in [-0.39, 0.29) is 5.91 Å². The Balaban J connectivity index is 4.17. The van der Waals surface area contributed by atoms with Crippen molar-refractivity contribution in [1.29, 1.82) is 0 Å². The summed E-state index contributed by atoms with van der Waals surface area (Å²) < 4.78 is 5.08. The summed E-state index contributed by atoms with van der Waals surface area (Å²) in [6, 6.07) is -0.810. The van der Waals surface area contributed by atoms with Gasteiger partial charge in [0.2, 0.25) is 5.91 Å². The molecule has 2 N–H and O–H groups in total. The maximum absolute atomic E-state index is 11.5. The molecule has 0 saturated heterocycles. The van der Waals surface area contributed by atoms with Crippen molar-refractivity contribution >= 4 is 11.9 Å². The van der Waals surface area contributed by atoms with Crippen molar-refractivity contribution in [2.75, 3.05) is 6.61 Å². The highest BCUT2D eigenvalue weighted by Gasteiger charge is 2.22. The highest BCUT2D eigenvalue weighted by molar-refractivity contribution is 5.85. The zero-order valence-corrected chi connectivity index (χ0v) is 10.2. The van der Waals surface area contributed by atoms with Crippen LogP contribution in [0.4, 0.5) is 0 Å². The number of amides is 1. The van der Waals surface area contributed by atoms with Crippen molar-refractivity contribution < 1.29 is 19.4 Å². The quantitative estimate of drug-likeness (QED) is 0.657. The summed E-state index contributed by atoms with van der Waals surface area (Å²) in [6.07, 6.45) is 1.53. The Morgan fingerprint density at radius 3 is 2.44 bits per heavy atom. The molecule has 0 aromatic heterocycles. The number of unbranched alkanes of at least 4 members (excludes halogenated alkanes) is 1. The minimum absolute atomic E-state index is 0.370. The Hall–Kier alpha value is -1.10. The summed E-state index contributed by atoms with van der Waals surface area (Å²) in [5.74, 6) is -1.36.